The van der Waals surface area contributed by atoms with E-state index in [4.69, 9.17) is 4.74 Å². The topological polar surface area (TPSA) is 68.2 Å². The Morgan fingerprint density at radius 3 is 3.00 bits per heavy atom. The minimum atomic E-state index is -0.229. The van der Waals surface area contributed by atoms with Gasteiger partial charge in [-0.15, -0.1) is 0 Å². The summed E-state index contributed by atoms with van der Waals surface area (Å²) in [5.74, 6) is 1.76. The van der Waals surface area contributed by atoms with Crippen molar-refractivity contribution in [3.63, 3.8) is 0 Å². The van der Waals surface area contributed by atoms with E-state index >= 15 is 0 Å². The Labute approximate surface area is 135 Å². The van der Waals surface area contributed by atoms with Crippen LogP contribution in [0.3, 0.4) is 0 Å². The molecule has 2 amide bonds. The number of urea groups is 1. The molecule has 1 aliphatic rings. The van der Waals surface area contributed by atoms with Gasteiger partial charge in [0.15, 0.2) is 0 Å². The lowest BCUT2D eigenvalue weighted by atomic mass is 9.94. The summed E-state index contributed by atoms with van der Waals surface area (Å²) in [6.07, 6.45) is 0.837. The van der Waals surface area contributed by atoms with Gasteiger partial charge in [-0.05, 0) is 19.4 Å². The number of ether oxygens (including phenoxy) is 1. The van der Waals surface area contributed by atoms with Crippen LogP contribution in [0.25, 0.3) is 0 Å². The van der Waals surface area contributed by atoms with Crippen molar-refractivity contribution in [2.75, 3.05) is 11.9 Å². The van der Waals surface area contributed by atoms with Crippen LogP contribution in [0.5, 0.6) is 5.75 Å². The number of fused-ring (bicyclic) bond motifs is 1. The monoisotopic (exact) mass is 314 g/mol. The van der Waals surface area contributed by atoms with E-state index in [1.165, 1.54) is 0 Å². The van der Waals surface area contributed by atoms with Crippen molar-refractivity contribution in [2.45, 2.75) is 32.2 Å². The number of nitrogens with zero attached hydrogens (tertiary/aromatic N) is 2. The zero-order valence-electron chi connectivity index (χ0n) is 13.7. The van der Waals surface area contributed by atoms with Crippen LogP contribution in [-0.4, -0.2) is 28.5 Å². The lowest BCUT2D eigenvalue weighted by Gasteiger charge is -2.20. The van der Waals surface area contributed by atoms with E-state index in [0.29, 0.717) is 12.4 Å². The predicted molar refractivity (Wildman–Crippen MR) is 88.9 cm³/mol. The van der Waals surface area contributed by atoms with Gasteiger partial charge in [0.1, 0.15) is 11.6 Å². The summed E-state index contributed by atoms with van der Waals surface area (Å²) in [7, 11) is 1.82. The van der Waals surface area contributed by atoms with E-state index in [0.717, 1.165) is 23.4 Å². The van der Waals surface area contributed by atoms with Gasteiger partial charge in [0.25, 0.3) is 0 Å². The average molecular weight is 314 g/mol. The fraction of sp³-hybridized carbons (Fsp3) is 0.412. The van der Waals surface area contributed by atoms with Crippen molar-refractivity contribution in [1.82, 2.24) is 15.1 Å². The first kappa shape index (κ1) is 15.4. The Morgan fingerprint density at radius 1 is 1.48 bits per heavy atom. The third-order valence-corrected chi connectivity index (χ3v) is 4.23. The highest BCUT2D eigenvalue weighted by atomic mass is 16.5. The number of para-hydroxylation sites is 1. The van der Waals surface area contributed by atoms with Gasteiger partial charge in [-0.1, -0.05) is 25.1 Å². The maximum Gasteiger partial charge on any atom is 0.320 e. The number of hydrogen-bond donors (Lipinski definition) is 2. The van der Waals surface area contributed by atoms with Gasteiger partial charge in [0.05, 0.1) is 12.3 Å². The summed E-state index contributed by atoms with van der Waals surface area (Å²) in [5, 5.41) is 10.2. The largest absolute Gasteiger partial charge is 0.493 e. The molecule has 2 N–H and O–H groups in total. The second kappa shape index (κ2) is 6.32. The van der Waals surface area contributed by atoms with E-state index in [1.54, 1.807) is 4.68 Å². The summed E-state index contributed by atoms with van der Waals surface area (Å²) >= 11 is 0. The quantitative estimate of drug-likeness (QED) is 0.911. The van der Waals surface area contributed by atoms with Gasteiger partial charge < -0.3 is 10.1 Å². The first-order valence-electron chi connectivity index (χ1n) is 7.90. The van der Waals surface area contributed by atoms with E-state index in [2.05, 4.69) is 21.8 Å². The van der Waals surface area contributed by atoms with Crippen LogP contribution < -0.4 is 15.4 Å². The smallest absolute Gasteiger partial charge is 0.320 e. The van der Waals surface area contributed by atoms with Crippen LogP contribution in [0, 0.1) is 0 Å². The van der Waals surface area contributed by atoms with Crippen LogP contribution in [0.1, 0.15) is 31.0 Å². The number of aryl methyl sites for hydroxylation is 2. The Balaban J connectivity index is 1.63. The molecule has 0 fully saturated rings. The summed E-state index contributed by atoms with van der Waals surface area (Å²) in [4.78, 5) is 12.2. The predicted octanol–water partition coefficient (Wildman–Crippen LogP) is 2.67. The lowest BCUT2D eigenvalue weighted by molar-refractivity contribution is 0.244. The third kappa shape index (κ3) is 3.16. The average Bonchev–Trinajstić information content (AvgIpc) is 3.11. The number of carbonyl (C=O) groups excluding carboxylic acids is 1. The van der Waals surface area contributed by atoms with Crippen LogP contribution in [0.15, 0.2) is 30.3 Å². The SMILES string of the molecule is CCc1cc(NC(=O)N[C@H](C)[C@H]2COc3ccccc32)n(C)n1. The number of anilines is 1. The third-order valence-electron chi connectivity index (χ3n) is 4.23. The van der Waals surface area contributed by atoms with Crippen LogP contribution in [0.2, 0.25) is 0 Å². The van der Waals surface area contributed by atoms with Crippen molar-refractivity contribution >= 4 is 11.8 Å². The summed E-state index contributed by atoms with van der Waals surface area (Å²) in [6.45, 7) is 4.62. The molecule has 0 bridgehead atoms. The molecule has 122 valence electrons. The van der Waals surface area contributed by atoms with E-state index < -0.39 is 0 Å². The van der Waals surface area contributed by atoms with Crippen molar-refractivity contribution in [3.05, 3.63) is 41.6 Å². The van der Waals surface area contributed by atoms with Crippen molar-refractivity contribution in [2.24, 2.45) is 7.05 Å². The molecule has 2 atom stereocenters. The molecule has 6 heteroatoms. The minimum Gasteiger partial charge on any atom is -0.493 e. The van der Waals surface area contributed by atoms with Crippen molar-refractivity contribution < 1.29 is 9.53 Å². The Bertz CT molecular complexity index is 710. The summed E-state index contributed by atoms with van der Waals surface area (Å²) in [5.41, 5.74) is 2.10. The molecule has 23 heavy (non-hydrogen) atoms. The number of amides is 2. The Hall–Kier alpha value is -2.50. The van der Waals surface area contributed by atoms with Crippen LogP contribution >= 0.6 is 0 Å². The van der Waals surface area contributed by atoms with Crippen LogP contribution in [-0.2, 0) is 13.5 Å². The molecule has 0 saturated carbocycles. The van der Waals surface area contributed by atoms with E-state index in [1.807, 2.05) is 45.2 Å². The molecule has 1 aliphatic heterocycles. The number of carbonyl (C=O) groups is 1. The molecule has 6 nitrogen and oxygen atoms in total. The summed E-state index contributed by atoms with van der Waals surface area (Å²) < 4.78 is 7.36. The molecule has 0 unspecified atom stereocenters. The molecular weight excluding hydrogens is 292 g/mol. The number of nitrogens with one attached hydrogen (secondary N) is 2. The number of aromatic nitrogens is 2. The number of hydrogen-bond acceptors (Lipinski definition) is 3. The van der Waals surface area contributed by atoms with Crippen molar-refractivity contribution in [1.29, 1.82) is 0 Å². The fourth-order valence-corrected chi connectivity index (χ4v) is 2.88. The zero-order valence-corrected chi connectivity index (χ0v) is 13.7. The highest BCUT2D eigenvalue weighted by Crippen LogP contribution is 2.35. The number of benzene rings is 1. The first-order valence-corrected chi connectivity index (χ1v) is 7.90. The van der Waals surface area contributed by atoms with E-state index in [9.17, 15) is 4.79 Å². The van der Waals surface area contributed by atoms with Gasteiger partial charge in [0.2, 0.25) is 0 Å². The lowest BCUT2D eigenvalue weighted by Crippen LogP contribution is -2.40. The van der Waals surface area contributed by atoms with Gasteiger partial charge in [-0.25, -0.2) is 4.79 Å². The molecule has 0 radical (unpaired) electrons. The van der Waals surface area contributed by atoms with Crippen LogP contribution in [0.4, 0.5) is 10.6 Å². The Kier molecular flexibility index (Phi) is 4.23. The molecule has 1 aromatic carbocycles. The molecule has 2 heterocycles. The number of rotatable bonds is 4. The molecule has 1 aromatic heterocycles. The molecule has 0 aliphatic carbocycles. The minimum absolute atomic E-state index is 0.0301. The van der Waals surface area contributed by atoms with Gasteiger partial charge >= 0.3 is 6.03 Å². The van der Waals surface area contributed by atoms with E-state index in [-0.39, 0.29) is 18.0 Å². The first-order chi connectivity index (χ1) is 11.1. The molecular formula is C17H22N4O2. The maximum atomic E-state index is 12.2. The van der Waals surface area contributed by atoms with Crippen molar-refractivity contribution in [3.8, 4) is 5.75 Å². The second-order valence-electron chi connectivity index (χ2n) is 5.84. The molecule has 0 spiro atoms. The van der Waals surface area contributed by atoms with Gasteiger partial charge in [-0.3, -0.25) is 10.00 Å². The maximum absolute atomic E-state index is 12.2. The summed E-state index contributed by atoms with van der Waals surface area (Å²) in [6, 6.07) is 9.60. The normalized spacial score (nSPS) is 17.3. The highest BCUT2D eigenvalue weighted by Gasteiger charge is 2.29. The molecule has 0 saturated heterocycles. The molecule has 3 rings (SSSR count). The van der Waals surface area contributed by atoms with Gasteiger partial charge in [-0.2, -0.15) is 5.10 Å². The zero-order chi connectivity index (χ0) is 16.4. The Morgan fingerprint density at radius 2 is 2.26 bits per heavy atom. The van der Waals surface area contributed by atoms with Gasteiger partial charge in [0, 0.05) is 30.6 Å². The standard InChI is InChI=1S/C17H22N4O2/c1-4-12-9-16(21(3)20-12)19-17(22)18-11(2)14-10-23-15-8-6-5-7-13(14)15/h5-9,11,14H,4,10H2,1-3H3,(H2,18,19,22)/t11-,14-/m1/s1. The highest BCUT2D eigenvalue weighted by molar-refractivity contribution is 5.88. The second-order valence-corrected chi connectivity index (χ2v) is 5.84. The molecule has 2 aromatic rings. The fourth-order valence-electron chi connectivity index (χ4n) is 2.88.